The molecule has 0 aliphatic carbocycles. The van der Waals surface area contributed by atoms with Crippen LogP contribution in [0.5, 0.6) is 17.2 Å². The number of nitrogens with one attached hydrogen (secondary N) is 1. The molecule has 0 unspecified atom stereocenters. The van der Waals surface area contributed by atoms with Crippen molar-refractivity contribution in [2.24, 2.45) is 0 Å². The van der Waals surface area contributed by atoms with Crippen molar-refractivity contribution in [3.05, 3.63) is 58.7 Å². The molecule has 0 heterocycles. The van der Waals surface area contributed by atoms with Crippen molar-refractivity contribution in [2.75, 3.05) is 20.3 Å². The number of rotatable bonds is 9. The van der Waals surface area contributed by atoms with Crippen molar-refractivity contribution >= 4 is 18.0 Å². The minimum atomic E-state index is -0.587. The lowest BCUT2D eigenvalue weighted by molar-refractivity contribution is -0.136. The van der Waals surface area contributed by atoms with Gasteiger partial charge in [0.15, 0.2) is 18.1 Å². The van der Waals surface area contributed by atoms with Crippen LogP contribution in [0.2, 0.25) is 0 Å². The van der Waals surface area contributed by atoms with E-state index in [1.54, 1.807) is 18.2 Å². The van der Waals surface area contributed by atoms with Crippen LogP contribution in [0.3, 0.4) is 0 Å². The zero-order chi connectivity index (χ0) is 22.8. The zero-order valence-corrected chi connectivity index (χ0v) is 18.2. The van der Waals surface area contributed by atoms with Crippen LogP contribution in [0.4, 0.5) is 0 Å². The number of nitriles is 1. The van der Waals surface area contributed by atoms with Crippen molar-refractivity contribution < 1.29 is 23.8 Å². The van der Waals surface area contributed by atoms with Crippen LogP contribution in [0.1, 0.15) is 30.0 Å². The van der Waals surface area contributed by atoms with Gasteiger partial charge in [-0.3, -0.25) is 4.79 Å². The minimum absolute atomic E-state index is 0.0259. The van der Waals surface area contributed by atoms with E-state index in [4.69, 9.17) is 14.2 Å². The average molecular weight is 422 g/mol. The van der Waals surface area contributed by atoms with E-state index in [0.29, 0.717) is 23.6 Å². The van der Waals surface area contributed by atoms with Gasteiger partial charge in [-0.1, -0.05) is 19.1 Å². The topological polar surface area (TPSA) is 97.7 Å². The number of hydrogen-bond donors (Lipinski definition) is 1. The molecule has 2 aromatic carbocycles. The van der Waals surface area contributed by atoms with E-state index >= 15 is 0 Å². The normalized spacial score (nSPS) is 10.7. The summed E-state index contributed by atoms with van der Waals surface area (Å²) in [7, 11) is 1.44. The number of carbonyl (C=O) groups is 2. The lowest BCUT2D eigenvalue weighted by atomic mass is 10.1. The quantitative estimate of drug-likeness (QED) is 0.286. The second kappa shape index (κ2) is 11.4. The SMILES string of the molecule is CCCNC(=O)/C(C#N)=C/c1ccc(OC(=O)COc2ccc(C)c(C)c2)c(OC)c1. The smallest absolute Gasteiger partial charge is 0.349 e. The summed E-state index contributed by atoms with van der Waals surface area (Å²) in [5, 5.41) is 11.9. The zero-order valence-electron chi connectivity index (χ0n) is 18.2. The molecule has 0 aliphatic rings. The number of methoxy groups -OCH3 is 1. The van der Waals surface area contributed by atoms with Gasteiger partial charge < -0.3 is 19.5 Å². The first-order valence-electron chi connectivity index (χ1n) is 9.86. The van der Waals surface area contributed by atoms with E-state index in [-0.39, 0.29) is 17.9 Å². The first kappa shape index (κ1) is 23.5. The highest BCUT2D eigenvalue weighted by atomic mass is 16.6. The molecule has 0 fully saturated rings. The molecular formula is C24H26N2O5. The summed E-state index contributed by atoms with van der Waals surface area (Å²) in [5.41, 5.74) is 2.74. The Labute approximate surface area is 182 Å². The molecule has 0 radical (unpaired) electrons. The van der Waals surface area contributed by atoms with E-state index in [1.807, 2.05) is 39.0 Å². The Bertz CT molecular complexity index is 1020. The summed E-state index contributed by atoms with van der Waals surface area (Å²) < 4.78 is 16.1. The summed E-state index contributed by atoms with van der Waals surface area (Å²) in [6.07, 6.45) is 2.22. The highest BCUT2D eigenvalue weighted by Gasteiger charge is 2.13. The lowest BCUT2D eigenvalue weighted by Crippen LogP contribution is -2.25. The van der Waals surface area contributed by atoms with Crippen LogP contribution in [0.15, 0.2) is 42.0 Å². The molecule has 0 saturated carbocycles. The van der Waals surface area contributed by atoms with Crippen LogP contribution in [0.25, 0.3) is 6.08 Å². The van der Waals surface area contributed by atoms with Gasteiger partial charge in [-0.2, -0.15) is 5.26 Å². The summed E-state index contributed by atoms with van der Waals surface area (Å²) >= 11 is 0. The number of nitrogens with zero attached hydrogens (tertiary/aromatic N) is 1. The monoisotopic (exact) mass is 422 g/mol. The van der Waals surface area contributed by atoms with E-state index in [2.05, 4.69) is 5.32 Å². The summed E-state index contributed by atoms with van der Waals surface area (Å²) in [4.78, 5) is 24.2. The van der Waals surface area contributed by atoms with Crippen molar-refractivity contribution in [1.82, 2.24) is 5.32 Å². The molecule has 0 atom stereocenters. The number of carbonyl (C=O) groups excluding carboxylic acids is 2. The highest BCUT2D eigenvalue weighted by Crippen LogP contribution is 2.29. The molecule has 0 aliphatic heterocycles. The molecule has 7 heteroatoms. The lowest BCUT2D eigenvalue weighted by Gasteiger charge is -2.11. The van der Waals surface area contributed by atoms with Gasteiger partial charge >= 0.3 is 5.97 Å². The third-order valence-corrected chi connectivity index (χ3v) is 4.46. The summed E-state index contributed by atoms with van der Waals surface area (Å²) in [6.45, 7) is 6.11. The Hall–Kier alpha value is -3.79. The fourth-order valence-corrected chi connectivity index (χ4v) is 2.61. The van der Waals surface area contributed by atoms with Crippen molar-refractivity contribution in [1.29, 1.82) is 5.26 Å². The van der Waals surface area contributed by atoms with Gasteiger partial charge in [-0.25, -0.2) is 4.79 Å². The number of ether oxygens (including phenoxy) is 3. The van der Waals surface area contributed by atoms with E-state index in [0.717, 1.165) is 17.5 Å². The minimum Gasteiger partial charge on any atom is -0.493 e. The third-order valence-electron chi connectivity index (χ3n) is 4.46. The van der Waals surface area contributed by atoms with E-state index in [1.165, 1.54) is 19.3 Å². The van der Waals surface area contributed by atoms with Gasteiger partial charge in [0, 0.05) is 6.54 Å². The molecule has 2 rings (SSSR count). The standard InChI is InChI=1S/C24H26N2O5/c1-5-10-26-24(28)19(14-25)12-18-7-9-21(22(13-18)29-4)31-23(27)15-30-20-8-6-16(2)17(3)11-20/h6-9,11-13H,5,10,15H2,1-4H3,(H,26,28)/b19-12+. The Kier molecular flexibility index (Phi) is 8.64. The summed E-state index contributed by atoms with van der Waals surface area (Å²) in [5.74, 6) is 0.0542. The van der Waals surface area contributed by atoms with Crippen LogP contribution in [0, 0.1) is 25.2 Å². The van der Waals surface area contributed by atoms with Crippen LogP contribution in [-0.2, 0) is 9.59 Å². The fourth-order valence-electron chi connectivity index (χ4n) is 2.61. The van der Waals surface area contributed by atoms with Crippen LogP contribution < -0.4 is 19.5 Å². The maximum Gasteiger partial charge on any atom is 0.349 e. The third kappa shape index (κ3) is 6.89. The van der Waals surface area contributed by atoms with Crippen molar-refractivity contribution in [3.63, 3.8) is 0 Å². The first-order chi connectivity index (χ1) is 14.9. The Morgan fingerprint density at radius 1 is 1.10 bits per heavy atom. The predicted octanol–water partition coefficient (Wildman–Crippen LogP) is 3.73. The number of benzene rings is 2. The predicted molar refractivity (Wildman–Crippen MR) is 117 cm³/mol. The molecule has 162 valence electrons. The number of aryl methyl sites for hydroxylation is 2. The van der Waals surface area contributed by atoms with Crippen molar-refractivity contribution in [3.8, 4) is 23.3 Å². The molecule has 2 aromatic rings. The van der Waals surface area contributed by atoms with Gasteiger partial charge in [0.25, 0.3) is 5.91 Å². The average Bonchev–Trinajstić information content (AvgIpc) is 2.77. The number of hydrogen-bond acceptors (Lipinski definition) is 6. The van der Waals surface area contributed by atoms with E-state index < -0.39 is 11.9 Å². The number of esters is 1. The molecule has 31 heavy (non-hydrogen) atoms. The fraction of sp³-hybridized carbons (Fsp3) is 0.292. The summed E-state index contributed by atoms with van der Waals surface area (Å²) in [6, 6.07) is 12.2. The maximum absolute atomic E-state index is 12.2. The molecule has 0 spiro atoms. The molecular weight excluding hydrogens is 396 g/mol. The van der Waals surface area contributed by atoms with Crippen LogP contribution >= 0.6 is 0 Å². The van der Waals surface area contributed by atoms with Crippen molar-refractivity contribution in [2.45, 2.75) is 27.2 Å². The highest BCUT2D eigenvalue weighted by molar-refractivity contribution is 6.01. The molecule has 1 N–H and O–H groups in total. The Balaban J connectivity index is 2.07. The van der Waals surface area contributed by atoms with Gasteiger partial charge in [-0.05, 0) is 67.3 Å². The molecule has 0 bridgehead atoms. The maximum atomic E-state index is 12.2. The van der Waals surface area contributed by atoms with Gasteiger partial charge in [0.2, 0.25) is 0 Å². The van der Waals surface area contributed by atoms with Gasteiger partial charge in [0.1, 0.15) is 17.4 Å². The largest absolute Gasteiger partial charge is 0.493 e. The van der Waals surface area contributed by atoms with Gasteiger partial charge in [-0.15, -0.1) is 0 Å². The first-order valence-corrected chi connectivity index (χ1v) is 9.86. The molecule has 1 amide bonds. The second-order valence-corrected chi connectivity index (χ2v) is 6.84. The van der Waals surface area contributed by atoms with E-state index in [9.17, 15) is 14.9 Å². The number of amides is 1. The Morgan fingerprint density at radius 2 is 1.87 bits per heavy atom. The molecule has 0 aromatic heterocycles. The molecule has 0 saturated heterocycles. The Morgan fingerprint density at radius 3 is 2.52 bits per heavy atom. The second-order valence-electron chi connectivity index (χ2n) is 6.84. The molecule has 7 nitrogen and oxygen atoms in total. The van der Waals surface area contributed by atoms with Crippen LogP contribution in [-0.4, -0.2) is 32.1 Å². The van der Waals surface area contributed by atoms with Gasteiger partial charge in [0.05, 0.1) is 7.11 Å².